The van der Waals surface area contributed by atoms with Gasteiger partial charge in [0.1, 0.15) is 34.2 Å². The van der Waals surface area contributed by atoms with Gasteiger partial charge in [0.05, 0.1) is 6.61 Å². The average molecular weight is 718 g/mol. The lowest BCUT2D eigenvalue weighted by molar-refractivity contribution is 0.0682. The molecule has 53 heavy (non-hydrogen) atoms. The molecule has 0 saturated carbocycles. The number of carboxylic acids is 2. The predicted octanol–water partition coefficient (Wildman–Crippen LogP) is 7.72. The molecular weight excluding hydrogens is 681 g/mol. The lowest BCUT2D eigenvalue weighted by Crippen LogP contribution is -2.38. The number of aromatic hydroxyl groups is 2. The number of fused-ring (bicyclic) bond motifs is 3. The number of rotatable bonds is 8. The van der Waals surface area contributed by atoms with E-state index in [1.165, 1.54) is 29.8 Å². The number of ether oxygens (including phenoxy) is 3. The van der Waals surface area contributed by atoms with Crippen LogP contribution in [-0.2, 0) is 6.42 Å². The normalized spacial score (nSPS) is 16.2. The average Bonchev–Trinajstić information content (AvgIpc) is 3.64. The van der Waals surface area contributed by atoms with Crippen molar-refractivity contribution in [1.29, 1.82) is 0 Å². The van der Waals surface area contributed by atoms with Gasteiger partial charge in [0.15, 0.2) is 11.5 Å². The molecule has 0 unspecified atom stereocenters. The maximum absolute atomic E-state index is 13.2. The second-order valence-electron chi connectivity index (χ2n) is 13.0. The van der Waals surface area contributed by atoms with Gasteiger partial charge in [0, 0.05) is 36.1 Å². The number of hydrogen-bond donors (Lipinski definition) is 5. The zero-order valence-corrected chi connectivity index (χ0v) is 28.4. The van der Waals surface area contributed by atoms with Crippen LogP contribution in [0.1, 0.15) is 49.7 Å². The molecule has 6 aromatic rings. The molecular formula is C42H36FNO9. The van der Waals surface area contributed by atoms with E-state index >= 15 is 0 Å². The minimum atomic E-state index is -1.28. The van der Waals surface area contributed by atoms with Crippen LogP contribution in [0.3, 0.4) is 0 Å². The molecule has 1 fully saturated rings. The number of benzene rings is 6. The summed E-state index contributed by atoms with van der Waals surface area (Å²) in [6.07, 6.45) is 0.988. The molecule has 8 rings (SSSR count). The first-order chi connectivity index (χ1) is 25.7. The summed E-state index contributed by atoms with van der Waals surface area (Å²) in [4.78, 5) is 23.2. The van der Waals surface area contributed by atoms with E-state index in [-0.39, 0.29) is 30.2 Å². The summed E-state index contributed by atoms with van der Waals surface area (Å²) in [7, 11) is 0. The van der Waals surface area contributed by atoms with Gasteiger partial charge in [-0.3, -0.25) is 0 Å². The van der Waals surface area contributed by atoms with Crippen molar-refractivity contribution in [2.24, 2.45) is 5.92 Å². The van der Waals surface area contributed by atoms with Crippen molar-refractivity contribution in [3.8, 4) is 28.7 Å². The lowest BCUT2D eigenvalue weighted by atomic mass is 9.81. The monoisotopic (exact) mass is 717 g/mol. The Morgan fingerprint density at radius 1 is 0.755 bits per heavy atom. The van der Waals surface area contributed by atoms with Crippen molar-refractivity contribution >= 4 is 33.5 Å². The van der Waals surface area contributed by atoms with Gasteiger partial charge in [0.25, 0.3) is 0 Å². The molecule has 0 aliphatic carbocycles. The number of halogens is 1. The minimum absolute atomic E-state index is 0.0407. The third kappa shape index (κ3) is 7.38. The Morgan fingerprint density at radius 3 is 1.94 bits per heavy atom. The number of hydrogen-bond acceptors (Lipinski definition) is 8. The van der Waals surface area contributed by atoms with Crippen LogP contribution in [0.15, 0.2) is 103 Å². The van der Waals surface area contributed by atoms with Crippen molar-refractivity contribution in [3.05, 3.63) is 137 Å². The molecule has 0 bridgehead atoms. The second kappa shape index (κ2) is 15.1. The molecule has 0 radical (unpaired) electrons. The number of nitrogens with one attached hydrogen (secondary N) is 1. The molecule has 0 aromatic heterocycles. The van der Waals surface area contributed by atoms with Crippen molar-refractivity contribution in [1.82, 2.24) is 5.32 Å². The molecule has 0 amide bonds. The van der Waals surface area contributed by atoms with Crippen LogP contribution in [0.4, 0.5) is 4.39 Å². The molecule has 270 valence electrons. The van der Waals surface area contributed by atoms with Crippen LogP contribution in [0.2, 0.25) is 0 Å². The van der Waals surface area contributed by atoms with Crippen LogP contribution < -0.4 is 19.5 Å². The molecule has 2 aliphatic rings. The highest BCUT2D eigenvalue weighted by Crippen LogP contribution is 2.39. The lowest BCUT2D eigenvalue weighted by Gasteiger charge is -2.32. The molecule has 0 spiro atoms. The van der Waals surface area contributed by atoms with E-state index in [2.05, 4.69) is 5.32 Å². The van der Waals surface area contributed by atoms with Crippen LogP contribution in [-0.4, -0.2) is 58.9 Å². The number of carbonyl (C=O) groups is 2. The summed E-state index contributed by atoms with van der Waals surface area (Å²) in [6.45, 7) is 2.74. The number of carboxylic acid groups (broad SMARTS) is 2. The van der Waals surface area contributed by atoms with E-state index in [1.807, 2.05) is 30.3 Å². The van der Waals surface area contributed by atoms with E-state index in [1.54, 1.807) is 48.5 Å². The Labute approximate surface area is 303 Å². The number of phenols is 2. The van der Waals surface area contributed by atoms with Crippen LogP contribution in [0, 0.1) is 11.7 Å². The molecule has 2 atom stereocenters. The first-order valence-electron chi connectivity index (χ1n) is 17.1. The van der Waals surface area contributed by atoms with Crippen LogP contribution in [0.5, 0.6) is 28.7 Å². The Hall–Kier alpha value is -6.33. The van der Waals surface area contributed by atoms with Crippen molar-refractivity contribution in [2.75, 3.05) is 26.5 Å². The van der Waals surface area contributed by atoms with E-state index in [4.69, 9.17) is 14.2 Å². The highest BCUT2D eigenvalue weighted by Gasteiger charge is 2.28. The van der Waals surface area contributed by atoms with Crippen molar-refractivity contribution in [3.63, 3.8) is 0 Å². The number of aromatic carboxylic acids is 2. The zero-order chi connectivity index (χ0) is 37.1. The minimum Gasteiger partial charge on any atom is -0.507 e. The molecule has 10 nitrogen and oxygen atoms in total. The first kappa shape index (κ1) is 35.1. The summed E-state index contributed by atoms with van der Waals surface area (Å²) < 4.78 is 29.9. The Morgan fingerprint density at radius 2 is 1.34 bits per heavy atom. The first-order valence-corrected chi connectivity index (χ1v) is 17.1. The van der Waals surface area contributed by atoms with Crippen LogP contribution >= 0.6 is 0 Å². The fourth-order valence-corrected chi connectivity index (χ4v) is 7.10. The molecule has 5 N–H and O–H groups in total. The molecule has 1 saturated heterocycles. The SMILES string of the molecule is Fc1ccc([C@@H]2CCNC[C@H]2COc2ccc3c(c2)OCO3)cc1.O=C(O)c1cc2ccccc2c(Cc2c(O)c(C(=O)O)cc3ccccc23)c1O. The van der Waals surface area contributed by atoms with Crippen molar-refractivity contribution < 1.29 is 48.6 Å². The highest BCUT2D eigenvalue weighted by molar-refractivity contribution is 6.02. The largest absolute Gasteiger partial charge is 0.507 e. The summed E-state index contributed by atoms with van der Waals surface area (Å²) in [5.74, 6) is -0.569. The predicted molar refractivity (Wildman–Crippen MR) is 196 cm³/mol. The summed E-state index contributed by atoms with van der Waals surface area (Å²) in [5, 5.41) is 46.2. The molecule has 6 aromatic carbocycles. The zero-order valence-electron chi connectivity index (χ0n) is 28.4. The standard InChI is InChI=1S/C23H16O6.C19H20FNO3/c24-20-16(14-7-3-1-5-12(14)9-18(20)22(26)27)11-17-15-8-4-2-6-13(15)10-19(21(17)25)23(28)29;20-15-3-1-13(2-4-15)17-7-8-21-10-14(17)11-22-16-5-6-18-19(9-16)24-12-23-18/h1-10,24-25H,11H2,(H,26,27)(H,28,29);1-6,9,14,17,21H,7-8,10-12H2/t;14-,17-/m.0/s1. The van der Waals surface area contributed by atoms with Gasteiger partial charge < -0.3 is 40.0 Å². The highest BCUT2D eigenvalue weighted by atomic mass is 19.1. The van der Waals surface area contributed by atoms with E-state index in [0.29, 0.717) is 51.1 Å². The Bertz CT molecular complexity index is 2220. The van der Waals surface area contributed by atoms with Gasteiger partial charge in [-0.25, -0.2) is 14.0 Å². The Kier molecular flexibility index (Phi) is 10.0. The van der Waals surface area contributed by atoms with Gasteiger partial charge in [-0.1, -0.05) is 60.7 Å². The summed E-state index contributed by atoms with van der Waals surface area (Å²) in [6, 6.07) is 29.3. The fourth-order valence-electron chi connectivity index (χ4n) is 7.10. The fraction of sp³-hybridized carbons (Fsp3) is 0.190. The molecule has 2 heterocycles. The second-order valence-corrected chi connectivity index (χ2v) is 13.0. The van der Waals surface area contributed by atoms with Crippen molar-refractivity contribution in [2.45, 2.75) is 18.8 Å². The van der Waals surface area contributed by atoms with E-state index in [9.17, 15) is 34.4 Å². The van der Waals surface area contributed by atoms with Gasteiger partial charge in [-0.2, -0.15) is 0 Å². The Balaban J connectivity index is 0.000000167. The smallest absolute Gasteiger partial charge is 0.339 e. The third-order valence-corrected chi connectivity index (χ3v) is 9.78. The summed E-state index contributed by atoms with van der Waals surface area (Å²) in [5.41, 5.74) is 1.29. The van der Waals surface area contributed by atoms with Gasteiger partial charge in [-0.15, -0.1) is 0 Å². The van der Waals surface area contributed by atoms with E-state index in [0.717, 1.165) is 36.8 Å². The summed E-state index contributed by atoms with van der Waals surface area (Å²) >= 11 is 0. The number of piperidine rings is 1. The maximum atomic E-state index is 13.2. The third-order valence-electron chi connectivity index (χ3n) is 9.78. The van der Waals surface area contributed by atoms with Crippen LogP contribution in [0.25, 0.3) is 21.5 Å². The maximum Gasteiger partial charge on any atom is 0.339 e. The van der Waals surface area contributed by atoms with Gasteiger partial charge in [0.2, 0.25) is 6.79 Å². The topological polar surface area (TPSA) is 155 Å². The molecule has 11 heteroatoms. The molecule has 2 aliphatic heterocycles. The quantitative estimate of drug-likeness (QED) is 0.106. The van der Waals surface area contributed by atoms with Gasteiger partial charge in [-0.05, 0) is 82.4 Å². The van der Waals surface area contributed by atoms with Gasteiger partial charge >= 0.3 is 11.9 Å². The van der Waals surface area contributed by atoms with E-state index < -0.39 is 23.4 Å².